The van der Waals surface area contributed by atoms with Crippen LogP contribution in [0.1, 0.15) is 25.8 Å². The molecule has 7 heteroatoms. The first kappa shape index (κ1) is 21.5. The van der Waals surface area contributed by atoms with Crippen LogP contribution < -0.4 is 21.7 Å². The third-order valence-electron chi connectivity index (χ3n) is 4.95. The Morgan fingerprint density at radius 1 is 1.25 bits per heavy atom. The summed E-state index contributed by atoms with van der Waals surface area (Å²) in [6.07, 6.45) is 2.51. The Labute approximate surface area is 167 Å². The number of aliphatic imine (C=N–C) groups is 1. The number of nitrogens with one attached hydrogen (secondary N) is 3. The Hall–Kier alpha value is -2.80. The summed E-state index contributed by atoms with van der Waals surface area (Å²) in [6.45, 7) is 4.84. The van der Waals surface area contributed by atoms with Gasteiger partial charge < -0.3 is 21.3 Å². The van der Waals surface area contributed by atoms with Crippen LogP contribution in [0, 0.1) is 0 Å². The number of nitrogens with zero attached hydrogens (tertiary/aromatic N) is 2. The standard InChI is InChI=1S/C21H32N6O/c1-14(22)18(12-23-3)16-6-8-17(9-7-16)26-21(25-5)19-13-27(15(2)28)11-10-20(19)24-4/h6-9,12,21,24-26H,10-11,13,22H2,1-5H3. The molecule has 0 spiro atoms. The molecular formula is C21H32N6O. The number of hydrogen-bond donors (Lipinski definition) is 4. The number of carbonyl (C=O) groups is 1. The van der Waals surface area contributed by atoms with Crippen LogP contribution in [0.4, 0.5) is 5.69 Å². The number of carbonyl (C=O) groups excluding carboxylic acids is 1. The monoisotopic (exact) mass is 384 g/mol. The van der Waals surface area contributed by atoms with Crippen molar-refractivity contribution in [3.8, 4) is 0 Å². The third kappa shape index (κ3) is 5.13. The predicted octanol–water partition coefficient (Wildman–Crippen LogP) is 1.76. The summed E-state index contributed by atoms with van der Waals surface area (Å²) >= 11 is 0. The van der Waals surface area contributed by atoms with Crippen molar-refractivity contribution >= 4 is 23.4 Å². The molecule has 0 fully saturated rings. The van der Waals surface area contributed by atoms with E-state index in [1.165, 1.54) is 5.70 Å². The lowest BCUT2D eigenvalue weighted by Gasteiger charge is -2.34. The zero-order valence-corrected chi connectivity index (χ0v) is 17.5. The van der Waals surface area contributed by atoms with Crippen molar-refractivity contribution in [1.29, 1.82) is 0 Å². The number of amides is 1. The Morgan fingerprint density at radius 2 is 1.93 bits per heavy atom. The van der Waals surface area contributed by atoms with E-state index in [0.29, 0.717) is 6.54 Å². The van der Waals surface area contributed by atoms with Gasteiger partial charge in [-0.15, -0.1) is 0 Å². The minimum atomic E-state index is -0.0843. The smallest absolute Gasteiger partial charge is 0.219 e. The van der Waals surface area contributed by atoms with Crippen LogP contribution in [0.3, 0.4) is 0 Å². The summed E-state index contributed by atoms with van der Waals surface area (Å²) in [4.78, 5) is 17.8. The first-order chi connectivity index (χ1) is 13.4. The summed E-state index contributed by atoms with van der Waals surface area (Å²) in [7, 11) is 5.58. The van der Waals surface area contributed by atoms with Gasteiger partial charge in [0.1, 0.15) is 6.17 Å². The van der Waals surface area contributed by atoms with Gasteiger partial charge in [-0.3, -0.25) is 15.1 Å². The largest absolute Gasteiger partial charge is 0.402 e. The van der Waals surface area contributed by atoms with Gasteiger partial charge in [0.25, 0.3) is 0 Å². The molecule has 0 aliphatic carbocycles. The number of rotatable bonds is 7. The minimum Gasteiger partial charge on any atom is -0.402 e. The topological polar surface area (TPSA) is 94.8 Å². The van der Waals surface area contributed by atoms with Crippen LogP contribution >= 0.6 is 0 Å². The average molecular weight is 385 g/mol. The molecule has 1 aromatic rings. The summed E-state index contributed by atoms with van der Waals surface area (Å²) in [5.41, 5.74) is 11.9. The molecule has 1 heterocycles. The van der Waals surface area contributed by atoms with Gasteiger partial charge in [0.05, 0.1) is 0 Å². The second-order valence-corrected chi connectivity index (χ2v) is 6.87. The van der Waals surface area contributed by atoms with Gasteiger partial charge in [0.15, 0.2) is 0 Å². The fourth-order valence-corrected chi connectivity index (χ4v) is 3.39. The number of likely N-dealkylation sites (N-methyl/N-ethyl adjacent to an activating group) is 1. The van der Waals surface area contributed by atoms with Gasteiger partial charge in [-0.25, -0.2) is 0 Å². The molecule has 152 valence electrons. The second-order valence-electron chi connectivity index (χ2n) is 6.87. The van der Waals surface area contributed by atoms with Crippen molar-refractivity contribution in [3.63, 3.8) is 0 Å². The van der Waals surface area contributed by atoms with Crippen LogP contribution in [0.2, 0.25) is 0 Å². The molecule has 0 radical (unpaired) electrons. The van der Waals surface area contributed by atoms with Crippen molar-refractivity contribution in [2.75, 3.05) is 39.5 Å². The number of nitrogens with two attached hydrogens (primary N) is 1. The molecule has 0 saturated carbocycles. The molecule has 0 bridgehead atoms. The highest BCUT2D eigenvalue weighted by Gasteiger charge is 2.25. The van der Waals surface area contributed by atoms with E-state index < -0.39 is 0 Å². The molecule has 1 unspecified atom stereocenters. The lowest BCUT2D eigenvalue weighted by molar-refractivity contribution is -0.128. The Kier molecular flexibility index (Phi) is 7.63. The first-order valence-corrected chi connectivity index (χ1v) is 9.49. The molecule has 1 atom stereocenters. The zero-order valence-electron chi connectivity index (χ0n) is 17.5. The maximum atomic E-state index is 11.8. The van der Waals surface area contributed by atoms with Crippen molar-refractivity contribution < 1.29 is 4.79 Å². The van der Waals surface area contributed by atoms with E-state index in [1.807, 2.05) is 50.2 Å². The Balaban J connectivity index is 2.23. The second kappa shape index (κ2) is 9.94. The fraction of sp³-hybridized carbons (Fsp3) is 0.429. The van der Waals surface area contributed by atoms with Gasteiger partial charge >= 0.3 is 0 Å². The molecule has 1 aliphatic heterocycles. The number of anilines is 1. The van der Waals surface area contributed by atoms with Crippen molar-refractivity contribution in [2.45, 2.75) is 26.4 Å². The van der Waals surface area contributed by atoms with E-state index in [4.69, 9.17) is 5.73 Å². The van der Waals surface area contributed by atoms with Crippen LogP contribution in [0.25, 0.3) is 5.57 Å². The van der Waals surface area contributed by atoms with Crippen LogP contribution in [-0.4, -0.2) is 57.4 Å². The lowest BCUT2D eigenvalue weighted by Crippen LogP contribution is -2.46. The molecule has 0 aromatic heterocycles. The minimum absolute atomic E-state index is 0.0843. The fourth-order valence-electron chi connectivity index (χ4n) is 3.39. The number of benzene rings is 1. The SMILES string of the molecule is CN=CC(=C(C)N)c1ccc(NC(NC)C2=C(NC)CCN(C(C)=O)C2)cc1. The molecule has 5 N–H and O–H groups in total. The molecule has 2 rings (SSSR count). The van der Waals surface area contributed by atoms with E-state index in [2.05, 4.69) is 20.9 Å². The molecular weight excluding hydrogens is 352 g/mol. The maximum absolute atomic E-state index is 11.8. The molecule has 1 aliphatic rings. The summed E-state index contributed by atoms with van der Waals surface area (Å²) < 4.78 is 0. The number of hydrogen-bond acceptors (Lipinski definition) is 6. The van der Waals surface area contributed by atoms with Crippen LogP contribution in [0.5, 0.6) is 0 Å². The summed E-state index contributed by atoms with van der Waals surface area (Å²) in [5.74, 6) is 0.0981. The molecule has 1 aromatic carbocycles. The Morgan fingerprint density at radius 3 is 2.43 bits per heavy atom. The van der Waals surface area contributed by atoms with E-state index in [9.17, 15) is 4.79 Å². The van der Waals surface area contributed by atoms with Crippen LogP contribution in [0.15, 0.2) is 46.2 Å². The van der Waals surface area contributed by atoms with Gasteiger partial charge in [-0.05, 0) is 31.7 Å². The van der Waals surface area contributed by atoms with E-state index >= 15 is 0 Å². The summed E-state index contributed by atoms with van der Waals surface area (Å²) in [6, 6.07) is 8.10. The van der Waals surface area contributed by atoms with Gasteiger partial charge in [0, 0.05) is 75.0 Å². The molecule has 7 nitrogen and oxygen atoms in total. The van der Waals surface area contributed by atoms with Gasteiger partial charge in [0.2, 0.25) is 5.91 Å². The highest BCUT2D eigenvalue weighted by molar-refractivity contribution is 6.10. The molecule has 1 amide bonds. The average Bonchev–Trinajstić information content (AvgIpc) is 2.70. The van der Waals surface area contributed by atoms with Crippen molar-refractivity contribution in [1.82, 2.24) is 15.5 Å². The van der Waals surface area contributed by atoms with Crippen molar-refractivity contribution in [2.24, 2.45) is 10.7 Å². The molecule has 28 heavy (non-hydrogen) atoms. The number of allylic oxidation sites excluding steroid dienone is 2. The maximum Gasteiger partial charge on any atom is 0.219 e. The normalized spacial score (nSPS) is 16.8. The van der Waals surface area contributed by atoms with E-state index in [-0.39, 0.29) is 12.1 Å². The van der Waals surface area contributed by atoms with Crippen LogP contribution in [-0.2, 0) is 4.79 Å². The van der Waals surface area contributed by atoms with Crippen molar-refractivity contribution in [3.05, 3.63) is 46.8 Å². The zero-order chi connectivity index (χ0) is 20.7. The first-order valence-electron chi connectivity index (χ1n) is 9.49. The summed E-state index contributed by atoms with van der Waals surface area (Å²) in [5, 5.41) is 10.1. The van der Waals surface area contributed by atoms with Gasteiger partial charge in [-0.2, -0.15) is 0 Å². The van der Waals surface area contributed by atoms with Gasteiger partial charge in [-0.1, -0.05) is 12.1 Å². The van der Waals surface area contributed by atoms with E-state index in [0.717, 1.165) is 41.1 Å². The molecule has 0 saturated heterocycles. The predicted molar refractivity (Wildman–Crippen MR) is 117 cm³/mol. The third-order valence-corrected chi connectivity index (χ3v) is 4.95. The lowest BCUT2D eigenvalue weighted by atomic mass is 10.0. The Bertz CT molecular complexity index is 775. The quantitative estimate of drug-likeness (QED) is 0.424. The van der Waals surface area contributed by atoms with E-state index in [1.54, 1.807) is 20.2 Å². The highest BCUT2D eigenvalue weighted by atomic mass is 16.2. The highest BCUT2D eigenvalue weighted by Crippen LogP contribution is 2.22.